The van der Waals surface area contributed by atoms with Crippen LogP contribution in [0.3, 0.4) is 0 Å². The van der Waals surface area contributed by atoms with Crippen molar-refractivity contribution in [2.75, 3.05) is 20.2 Å². The van der Waals surface area contributed by atoms with Crippen LogP contribution < -0.4 is 10.1 Å². The zero-order valence-corrected chi connectivity index (χ0v) is 13.8. The number of hydrogen-bond donors (Lipinski definition) is 2. The minimum Gasteiger partial charge on any atom is -0.496 e. The van der Waals surface area contributed by atoms with Crippen LogP contribution in [0.2, 0.25) is 0 Å². The van der Waals surface area contributed by atoms with E-state index in [0.717, 1.165) is 16.9 Å². The van der Waals surface area contributed by atoms with Crippen LogP contribution in [-0.2, 0) is 4.79 Å². The van der Waals surface area contributed by atoms with Crippen LogP contribution in [-0.4, -0.2) is 42.2 Å². The van der Waals surface area contributed by atoms with E-state index >= 15 is 0 Å². The van der Waals surface area contributed by atoms with Gasteiger partial charge < -0.3 is 20.1 Å². The lowest BCUT2D eigenvalue weighted by Crippen LogP contribution is -2.47. The molecule has 0 radical (unpaired) electrons. The lowest BCUT2D eigenvalue weighted by atomic mass is 9.98. The standard InChI is InChI=1S/C17H24N2O4/c1-11-6-7-15(23-3)14(9-11)12(2)18-17(22)19-8-4-5-13(10-19)16(20)21/h6-7,9,12-13H,4-5,8,10H2,1-3H3,(H,18,22)(H,20,21). The first-order chi connectivity index (χ1) is 10.9. The molecule has 0 bridgehead atoms. The molecule has 0 aliphatic carbocycles. The van der Waals surface area contributed by atoms with Crippen molar-refractivity contribution in [1.82, 2.24) is 10.2 Å². The maximum Gasteiger partial charge on any atom is 0.317 e. The molecule has 1 saturated heterocycles. The van der Waals surface area contributed by atoms with Gasteiger partial charge in [0.15, 0.2) is 0 Å². The molecule has 2 amide bonds. The summed E-state index contributed by atoms with van der Waals surface area (Å²) in [6.07, 6.45) is 1.34. The molecule has 126 valence electrons. The van der Waals surface area contributed by atoms with E-state index in [1.165, 1.54) is 0 Å². The molecule has 1 aromatic rings. The number of benzene rings is 1. The van der Waals surface area contributed by atoms with Crippen molar-refractivity contribution in [1.29, 1.82) is 0 Å². The van der Waals surface area contributed by atoms with Crippen molar-refractivity contribution in [3.05, 3.63) is 29.3 Å². The lowest BCUT2D eigenvalue weighted by Gasteiger charge is -2.32. The molecule has 2 rings (SSSR count). The summed E-state index contributed by atoms with van der Waals surface area (Å²) in [5.74, 6) is -0.584. The number of carboxylic acid groups (broad SMARTS) is 1. The first-order valence-electron chi connectivity index (χ1n) is 7.85. The summed E-state index contributed by atoms with van der Waals surface area (Å²) in [5, 5.41) is 12.1. The summed E-state index contributed by atoms with van der Waals surface area (Å²) < 4.78 is 5.35. The molecule has 0 aromatic heterocycles. The van der Waals surface area contributed by atoms with E-state index < -0.39 is 11.9 Å². The van der Waals surface area contributed by atoms with Crippen molar-refractivity contribution < 1.29 is 19.4 Å². The van der Waals surface area contributed by atoms with Gasteiger partial charge in [-0.3, -0.25) is 4.79 Å². The van der Waals surface area contributed by atoms with E-state index in [2.05, 4.69) is 5.32 Å². The fourth-order valence-electron chi connectivity index (χ4n) is 2.91. The maximum absolute atomic E-state index is 12.4. The van der Waals surface area contributed by atoms with Crippen molar-refractivity contribution >= 4 is 12.0 Å². The number of rotatable bonds is 4. The topological polar surface area (TPSA) is 78.9 Å². The normalized spacial score (nSPS) is 19.1. The van der Waals surface area contributed by atoms with Crippen molar-refractivity contribution in [2.45, 2.75) is 32.7 Å². The molecule has 2 atom stereocenters. The molecule has 6 nitrogen and oxygen atoms in total. The quantitative estimate of drug-likeness (QED) is 0.893. The Labute approximate surface area is 136 Å². The second-order valence-corrected chi connectivity index (χ2v) is 6.04. The van der Waals surface area contributed by atoms with Crippen molar-refractivity contribution in [3.8, 4) is 5.75 Å². The average molecular weight is 320 g/mol. The molecule has 2 N–H and O–H groups in total. The fraction of sp³-hybridized carbons (Fsp3) is 0.529. The number of hydrogen-bond acceptors (Lipinski definition) is 3. The van der Waals surface area contributed by atoms with Gasteiger partial charge >= 0.3 is 12.0 Å². The number of piperidine rings is 1. The molecule has 1 aliphatic rings. The number of carbonyl (C=O) groups excluding carboxylic acids is 1. The lowest BCUT2D eigenvalue weighted by molar-refractivity contribution is -0.143. The monoisotopic (exact) mass is 320 g/mol. The predicted octanol–water partition coefficient (Wildman–Crippen LogP) is 2.57. The van der Waals surface area contributed by atoms with Gasteiger partial charge in [-0.2, -0.15) is 0 Å². The van der Waals surface area contributed by atoms with Gasteiger partial charge in [0.05, 0.1) is 19.1 Å². The van der Waals surface area contributed by atoms with Crippen LogP contribution >= 0.6 is 0 Å². The summed E-state index contributed by atoms with van der Waals surface area (Å²) in [6.45, 7) is 4.74. The molecule has 2 unspecified atom stereocenters. The highest BCUT2D eigenvalue weighted by Crippen LogP contribution is 2.26. The van der Waals surface area contributed by atoms with E-state index in [1.807, 2.05) is 32.0 Å². The van der Waals surface area contributed by atoms with Gasteiger partial charge in [0.1, 0.15) is 5.75 Å². The van der Waals surface area contributed by atoms with Gasteiger partial charge in [0.2, 0.25) is 0 Å². The molecule has 0 spiro atoms. The van der Waals surface area contributed by atoms with Crippen LogP contribution in [0.4, 0.5) is 4.79 Å². The van der Waals surface area contributed by atoms with E-state index in [9.17, 15) is 9.59 Å². The van der Waals surface area contributed by atoms with E-state index in [1.54, 1.807) is 12.0 Å². The zero-order valence-electron chi connectivity index (χ0n) is 13.8. The minimum absolute atomic E-state index is 0.220. The smallest absolute Gasteiger partial charge is 0.317 e. The third-order valence-electron chi connectivity index (χ3n) is 4.25. The number of carboxylic acids is 1. The Balaban J connectivity index is 2.05. The van der Waals surface area contributed by atoms with Gasteiger partial charge in [-0.15, -0.1) is 0 Å². The number of carbonyl (C=O) groups is 2. The van der Waals surface area contributed by atoms with Crippen LogP contribution in [0.15, 0.2) is 18.2 Å². The Morgan fingerprint density at radius 1 is 1.43 bits per heavy atom. The van der Waals surface area contributed by atoms with Gasteiger partial charge in [0.25, 0.3) is 0 Å². The Morgan fingerprint density at radius 2 is 2.17 bits per heavy atom. The Bertz CT molecular complexity index is 588. The van der Waals surface area contributed by atoms with Crippen LogP contribution in [0.1, 0.15) is 36.9 Å². The number of aryl methyl sites for hydroxylation is 1. The highest BCUT2D eigenvalue weighted by atomic mass is 16.5. The molecule has 1 heterocycles. The Kier molecular flexibility index (Phi) is 5.47. The molecule has 0 saturated carbocycles. The average Bonchev–Trinajstić information content (AvgIpc) is 2.54. The zero-order chi connectivity index (χ0) is 17.0. The highest BCUT2D eigenvalue weighted by molar-refractivity contribution is 5.77. The third kappa shape index (κ3) is 4.15. The van der Waals surface area contributed by atoms with Crippen molar-refractivity contribution in [3.63, 3.8) is 0 Å². The van der Waals surface area contributed by atoms with Gasteiger partial charge in [-0.05, 0) is 32.8 Å². The summed E-state index contributed by atoms with van der Waals surface area (Å²) in [7, 11) is 1.60. The summed E-state index contributed by atoms with van der Waals surface area (Å²) in [6, 6.07) is 5.38. The largest absolute Gasteiger partial charge is 0.496 e. The van der Waals surface area contributed by atoms with Crippen LogP contribution in [0.5, 0.6) is 5.75 Å². The number of urea groups is 1. The van der Waals surface area contributed by atoms with Crippen LogP contribution in [0.25, 0.3) is 0 Å². The molecule has 1 fully saturated rings. The van der Waals surface area contributed by atoms with Gasteiger partial charge in [-0.25, -0.2) is 4.79 Å². The van der Waals surface area contributed by atoms with E-state index in [-0.39, 0.29) is 18.6 Å². The molecule has 23 heavy (non-hydrogen) atoms. The van der Waals surface area contributed by atoms with Gasteiger partial charge in [-0.1, -0.05) is 17.7 Å². The van der Waals surface area contributed by atoms with Crippen molar-refractivity contribution in [2.24, 2.45) is 5.92 Å². The third-order valence-corrected chi connectivity index (χ3v) is 4.25. The fourth-order valence-corrected chi connectivity index (χ4v) is 2.91. The summed E-state index contributed by atoms with van der Waals surface area (Å²) in [4.78, 5) is 25.1. The molecule has 1 aliphatic heterocycles. The van der Waals surface area contributed by atoms with E-state index in [0.29, 0.717) is 19.4 Å². The highest BCUT2D eigenvalue weighted by Gasteiger charge is 2.29. The molecular weight excluding hydrogens is 296 g/mol. The number of methoxy groups -OCH3 is 1. The molecular formula is C17H24N2O4. The number of nitrogens with zero attached hydrogens (tertiary/aromatic N) is 1. The SMILES string of the molecule is COc1ccc(C)cc1C(C)NC(=O)N1CCCC(C(=O)O)C1. The number of nitrogens with one attached hydrogen (secondary N) is 1. The van der Waals surface area contributed by atoms with Crippen LogP contribution in [0, 0.1) is 12.8 Å². The predicted molar refractivity (Wildman–Crippen MR) is 86.6 cm³/mol. The van der Waals surface area contributed by atoms with E-state index in [4.69, 9.17) is 9.84 Å². The first-order valence-corrected chi connectivity index (χ1v) is 7.85. The number of likely N-dealkylation sites (tertiary alicyclic amines) is 1. The van der Waals surface area contributed by atoms with Gasteiger partial charge in [0, 0.05) is 18.7 Å². The first kappa shape index (κ1) is 17.1. The minimum atomic E-state index is -0.837. The second-order valence-electron chi connectivity index (χ2n) is 6.04. The number of ether oxygens (including phenoxy) is 1. The number of amides is 2. The maximum atomic E-state index is 12.4. The second kappa shape index (κ2) is 7.35. The summed E-state index contributed by atoms with van der Waals surface area (Å²) in [5.41, 5.74) is 2.00. The molecule has 1 aromatic carbocycles. The Morgan fingerprint density at radius 3 is 2.83 bits per heavy atom. The number of aliphatic carboxylic acids is 1. The Hall–Kier alpha value is -2.24. The molecule has 6 heteroatoms. The summed E-state index contributed by atoms with van der Waals surface area (Å²) >= 11 is 0.